The molecule has 0 saturated carbocycles. The van der Waals surface area contributed by atoms with E-state index < -0.39 is 17.7 Å². The number of aliphatic hydroxyl groups is 1. The number of nitrogens with zero attached hydrogens (tertiary/aromatic N) is 2. The lowest BCUT2D eigenvalue weighted by Gasteiger charge is -2.35. The van der Waals surface area contributed by atoms with Gasteiger partial charge in [0.15, 0.2) is 0 Å². The molecule has 0 unspecified atom stereocenters. The van der Waals surface area contributed by atoms with E-state index >= 15 is 0 Å². The number of nitriles is 1. The Balaban J connectivity index is 2.06. The quantitative estimate of drug-likeness (QED) is 0.876. The van der Waals surface area contributed by atoms with Gasteiger partial charge in [0, 0.05) is 50.4 Å². The maximum atomic E-state index is 13.8. The monoisotopic (exact) mass is 310 g/mol. The summed E-state index contributed by atoms with van der Waals surface area (Å²) in [5.74, 6) is -1.42. The van der Waals surface area contributed by atoms with Gasteiger partial charge in [0.2, 0.25) is 0 Å². The van der Waals surface area contributed by atoms with Gasteiger partial charge in [-0.1, -0.05) is 6.07 Å². The minimum Gasteiger partial charge on any atom is -0.387 e. The van der Waals surface area contributed by atoms with Crippen molar-refractivity contribution >= 4 is 0 Å². The molecule has 0 amide bonds. The van der Waals surface area contributed by atoms with Crippen molar-refractivity contribution in [2.45, 2.75) is 31.4 Å². The maximum absolute atomic E-state index is 13.8. The summed E-state index contributed by atoms with van der Waals surface area (Å²) in [5, 5.41) is 19.0. The molecule has 0 spiro atoms. The number of halogens is 2. The molecule has 1 aliphatic heterocycles. The van der Waals surface area contributed by atoms with Crippen LogP contribution in [0.5, 0.6) is 0 Å². The normalized spacial score (nSPS) is 17.4. The number of hydrogen-bond donors (Lipinski definition) is 1. The predicted molar refractivity (Wildman–Crippen MR) is 77.0 cm³/mol. The van der Waals surface area contributed by atoms with Crippen molar-refractivity contribution < 1.29 is 18.6 Å². The van der Waals surface area contributed by atoms with E-state index in [9.17, 15) is 13.9 Å². The van der Waals surface area contributed by atoms with Crippen LogP contribution in [0.4, 0.5) is 8.78 Å². The lowest BCUT2D eigenvalue weighted by molar-refractivity contribution is 0.0144. The van der Waals surface area contributed by atoms with E-state index in [1.807, 2.05) is 4.90 Å². The van der Waals surface area contributed by atoms with Crippen LogP contribution in [0, 0.1) is 23.0 Å². The topological polar surface area (TPSA) is 56.5 Å². The Labute approximate surface area is 128 Å². The van der Waals surface area contributed by atoms with Gasteiger partial charge in [0.1, 0.15) is 11.6 Å². The molecule has 22 heavy (non-hydrogen) atoms. The third-order valence-electron chi connectivity index (χ3n) is 3.95. The predicted octanol–water partition coefficient (Wildman–Crippen LogP) is 2.39. The fourth-order valence-electron chi connectivity index (χ4n) is 2.76. The summed E-state index contributed by atoms with van der Waals surface area (Å²) in [5.41, 5.74) is 0.0791. The minimum atomic E-state index is -1.05. The second kappa shape index (κ2) is 8.18. The highest BCUT2D eigenvalue weighted by atomic mass is 19.1. The summed E-state index contributed by atoms with van der Waals surface area (Å²) in [4.78, 5) is 2.00. The van der Waals surface area contributed by atoms with E-state index in [0.717, 1.165) is 25.0 Å². The SMILES string of the molecule is N#CCCN(C[C@@H](O)c1ccc(F)cc1F)C1CCOCC1. The van der Waals surface area contributed by atoms with Crippen molar-refractivity contribution in [1.29, 1.82) is 5.26 Å². The first kappa shape index (κ1) is 16.8. The fraction of sp³-hybridized carbons (Fsp3) is 0.562. The number of hydrogen-bond acceptors (Lipinski definition) is 4. The van der Waals surface area contributed by atoms with E-state index in [4.69, 9.17) is 10.00 Å². The van der Waals surface area contributed by atoms with Gasteiger partial charge in [-0.15, -0.1) is 0 Å². The van der Waals surface area contributed by atoms with Gasteiger partial charge in [-0.2, -0.15) is 5.26 Å². The summed E-state index contributed by atoms with van der Waals surface area (Å²) in [6.45, 7) is 2.03. The van der Waals surface area contributed by atoms with Gasteiger partial charge >= 0.3 is 0 Å². The van der Waals surface area contributed by atoms with Crippen molar-refractivity contribution in [2.24, 2.45) is 0 Å². The molecule has 120 valence electrons. The molecule has 4 nitrogen and oxygen atoms in total. The Hall–Kier alpha value is -1.55. The fourth-order valence-corrected chi connectivity index (χ4v) is 2.76. The Morgan fingerprint density at radius 2 is 2.09 bits per heavy atom. The number of benzene rings is 1. The van der Waals surface area contributed by atoms with Gasteiger partial charge in [-0.3, -0.25) is 4.90 Å². The van der Waals surface area contributed by atoms with E-state index in [1.54, 1.807) is 0 Å². The van der Waals surface area contributed by atoms with Crippen LogP contribution in [0.25, 0.3) is 0 Å². The molecule has 0 bridgehead atoms. The first-order valence-electron chi connectivity index (χ1n) is 7.43. The number of rotatable bonds is 6. The molecule has 6 heteroatoms. The smallest absolute Gasteiger partial charge is 0.131 e. The third kappa shape index (κ3) is 4.47. The van der Waals surface area contributed by atoms with Crippen LogP contribution < -0.4 is 0 Å². The zero-order chi connectivity index (χ0) is 15.9. The molecule has 0 radical (unpaired) electrons. The van der Waals surface area contributed by atoms with Gasteiger partial charge in [-0.25, -0.2) is 8.78 Å². The average molecular weight is 310 g/mol. The second-order valence-corrected chi connectivity index (χ2v) is 5.43. The maximum Gasteiger partial charge on any atom is 0.131 e. The highest BCUT2D eigenvalue weighted by molar-refractivity contribution is 5.21. The van der Waals surface area contributed by atoms with Crippen molar-refractivity contribution in [2.75, 3.05) is 26.3 Å². The Morgan fingerprint density at radius 3 is 2.73 bits per heavy atom. The number of ether oxygens (including phenoxy) is 1. The van der Waals surface area contributed by atoms with Crippen molar-refractivity contribution in [1.82, 2.24) is 4.90 Å². The first-order valence-corrected chi connectivity index (χ1v) is 7.43. The van der Waals surface area contributed by atoms with E-state index in [2.05, 4.69) is 6.07 Å². The van der Waals surface area contributed by atoms with Crippen LogP contribution in [-0.4, -0.2) is 42.4 Å². The summed E-state index contributed by atoms with van der Waals surface area (Å²) in [6.07, 6.45) is 0.937. The molecule has 1 fully saturated rings. The van der Waals surface area contributed by atoms with Gasteiger partial charge in [-0.05, 0) is 18.9 Å². The molecule has 0 aromatic heterocycles. The summed E-state index contributed by atoms with van der Waals surface area (Å²) < 4.78 is 32.0. The van der Waals surface area contributed by atoms with Gasteiger partial charge in [0.05, 0.1) is 12.2 Å². The highest BCUT2D eigenvalue weighted by Crippen LogP contribution is 2.22. The average Bonchev–Trinajstić information content (AvgIpc) is 2.52. The van der Waals surface area contributed by atoms with E-state index in [0.29, 0.717) is 26.2 Å². The van der Waals surface area contributed by atoms with Crippen molar-refractivity contribution in [3.63, 3.8) is 0 Å². The zero-order valence-corrected chi connectivity index (χ0v) is 12.3. The van der Waals surface area contributed by atoms with Crippen LogP contribution in [0.2, 0.25) is 0 Å². The minimum absolute atomic E-state index is 0.0791. The second-order valence-electron chi connectivity index (χ2n) is 5.43. The van der Waals surface area contributed by atoms with Crippen molar-refractivity contribution in [3.05, 3.63) is 35.4 Å². The Bertz CT molecular complexity index is 527. The Kier molecular flexibility index (Phi) is 6.25. The molecule has 1 heterocycles. The standard InChI is InChI=1S/C16H20F2N2O2/c17-12-2-3-14(15(18)10-12)16(21)11-20(7-1-6-19)13-4-8-22-9-5-13/h2-3,10,13,16,21H,1,4-5,7-9,11H2/t16-/m1/s1. The van der Waals surface area contributed by atoms with Crippen LogP contribution >= 0.6 is 0 Å². The molecular weight excluding hydrogens is 290 g/mol. The molecule has 1 aromatic carbocycles. The summed E-state index contributed by atoms with van der Waals surface area (Å²) in [7, 11) is 0. The molecule has 2 rings (SSSR count). The summed E-state index contributed by atoms with van der Waals surface area (Å²) in [6, 6.07) is 5.47. The molecule has 1 atom stereocenters. The molecule has 1 N–H and O–H groups in total. The molecule has 1 aliphatic rings. The van der Waals surface area contributed by atoms with Crippen LogP contribution in [-0.2, 0) is 4.74 Å². The van der Waals surface area contributed by atoms with Crippen LogP contribution in [0.3, 0.4) is 0 Å². The molecule has 1 saturated heterocycles. The lowest BCUT2D eigenvalue weighted by atomic mass is 10.0. The van der Waals surface area contributed by atoms with Crippen LogP contribution in [0.1, 0.15) is 30.9 Å². The largest absolute Gasteiger partial charge is 0.387 e. The molecular formula is C16H20F2N2O2. The van der Waals surface area contributed by atoms with Gasteiger partial charge in [0.25, 0.3) is 0 Å². The van der Waals surface area contributed by atoms with Crippen molar-refractivity contribution in [3.8, 4) is 6.07 Å². The zero-order valence-electron chi connectivity index (χ0n) is 12.3. The Morgan fingerprint density at radius 1 is 1.36 bits per heavy atom. The van der Waals surface area contributed by atoms with Crippen LogP contribution in [0.15, 0.2) is 18.2 Å². The lowest BCUT2D eigenvalue weighted by Crippen LogP contribution is -2.42. The number of aliphatic hydroxyl groups excluding tert-OH is 1. The van der Waals surface area contributed by atoms with E-state index in [1.165, 1.54) is 6.07 Å². The highest BCUT2D eigenvalue weighted by Gasteiger charge is 2.25. The van der Waals surface area contributed by atoms with E-state index in [-0.39, 0.29) is 18.2 Å². The summed E-state index contributed by atoms with van der Waals surface area (Å²) >= 11 is 0. The third-order valence-corrected chi connectivity index (χ3v) is 3.95. The molecule has 0 aliphatic carbocycles. The first-order chi connectivity index (χ1) is 10.6. The van der Waals surface area contributed by atoms with Gasteiger partial charge < -0.3 is 9.84 Å². The molecule has 1 aromatic rings.